The van der Waals surface area contributed by atoms with E-state index < -0.39 is 10.1 Å². The Labute approximate surface area is 280 Å². The van der Waals surface area contributed by atoms with E-state index in [2.05, 4.69) is 103 Å². The van der Waals surface area contributed by atoms with Gasteiger partial charge in [0.1, 0.15) is 26.4 Å². The molecule has 3 aromatic carbocycles. The molecule has 0 saturated carbocycles. The molecule has 0 N–H and O–H groups in total. The van der Waals surface area contributed by atoms with Gasteiger partial charge >= 0.3 is 0 Å². The number of hydrogen-bond donors (Lipinski definition) is 0. The normalized spacial score (nSPS) is 14.6. The van der Waals surface area contributed by atoms with E-state index in [4.69, 9.17) is 0 Å². The molecule has 7 rings (SSSR count). The van der Waals surface area contributed by atoms with Gasteiger partial charge in [0.25, 0.3) is 9.84 Å². The quantitative estimate of drug-likeness (QED) is 0.0990. The lowest BCUT2D eigenvalue weighted by atomic mass is 10.2. The van der Waals surface area contributed by atoms with Crippen LogP contribution in [0.1, 0.15) is 31.3 Å². The number of anilines is 1. The third-order valence-electron chi connectivity index (χ3n) is 7.42. The summed E-state index contributed by atoms with van der Waals surface area (Å²) in [7, 11) is -4.27. The summed E-state index contributed by atoms with van der Waals surface area (Å²) in [6.45, 7) is 10.5. The molecule has 4 heterocycles. The molecular formula is C35H32N2O3S5. The fourth-order valence-corrected chi connectivity index (χ4v) is 11.0. The molecule has 0 atom stereocenters. The number of allylic oxidation sites excluding steroid dienone is 4. The van der Waals surface area contributed by atoms with Crippen molar-refractivity contribution in [3.63, 3.8) is 0 Å². The van der Waals surface area contributed by atoms with Gasteiger partial charge in [-0.15, -0.1) is 11.3 Å². The van der Waals surface area contributed by atoms with Crippen molar-refractivity contribution in [1.29, 1.82) is 0 Å². The van der Waals surface area contributed by atoms with E-state index in [1.807, 2.05) is 52.7 Å². The Morgan fingerprint density at radius 2 is 1.58 bits per heavy atom. The second-order valence-corrected chi connectivity index (χ2v) is 16.0. The van der Waals surface area contributed by atoms with Gasteiger partial charge in [0.05, 0.1) is 14.8 Å². The zero-order valence-corrected chi connectivity index (χ0v) is 29.4. The van der Waals surface area contributed by atoms with E-state index in [-0.39, 0.29) is 4.90 Å². The topological polar surface area (TPSA) is 64.3 Å². The highest BCUT2D eigenvalue weighted by Crippen LogP contribution is 2.54. The minimum Gasteiger partial charge on any atom is -0.744 e. The Kier molecular flexibility index (Phi) is 9.33. The molecular weight excluding hydrogens is 657 g/mol. The molecule has 45 heavy (non-hydrogen) atoms. The maximum atomic E-state index is 10.4. The van der Waals surface area contributed by atoms with Crippen LogP contribution in [-0.2, 0) is 16.7 Å². The lowest BCUT2D eigenvalue weighted by Gasteiger charge is -2.16. The number of thiazole rings is 1. The maximum Gasteiger partial charge on any atom is 0.281 e. The Morgan fingerprint density at radius 3 is 2.24 bits per heavy atom. The number of hydrogen-bond acceptors (Lipinski definition) is 8. The van der Waals surface area contributed by atoms with Gasteiger partial charge in [0.2, 0.25) is 0 Å². The van der Waals surface area contributed by atoms with Crippen LogP contribution in [0.5, 0.6) is 0 Å². The third-order valence-corrected chi connectivity index (χ3v) is 13.3. The number of benzene rings is 3. The molecule has 0 fully saturated rings. The highest BCUT2D eigenvalue weighted by Gasteiger charge is 2.28. The molecule has 0 saturated heterocycles. The standard InChI is InChI=1S/C28H25N2S4.C7H8O3S/c1-4-29-23(33-25-19-10-6-8-12-21(19)31-27(25)29)16-14-18(3)15-17-24-30(5-2)28-26(34-24)20-11-7-9-13-22(20)32-28;1-6-2-4-7(5-3-6)11(8,9)10/h6-17H,4-5H2,1-3H3;2-5H,1H3,(H,8,9,10)/q+1;/p-1. The summed E-state index contributed by atoms with van der Waals surface area (Å²) in [6.07, 6.45) is 9.07. The molecule has 10 heteroatoms. The van der Waals surface area contributed by atoms with Crippen LogP contribution in [0.2, 0.25) is 0 Å². The second-order valence-electron chi connectivity index (χ2n) is 10.5. The minimum absolute atomic E-state index is 0.178. The SMILES string of the molecule is CCN1/C(=C/C=C(C)/C=C/c2sc3c4ccccc4sc3[n+]2CC)Sc2c1sc1ccccc21.Cc1ccc(S(=O)(=O)[O-])cc1. The molecule has 6 aromatic rings. The van der Waals surface area contributed by atoms with E-state index in [0.29, 0.717) is 0 Å². The van der Waals surface area contributed by atoms with Crippen LogP contribution in [0, 0.1) is 6.92 Å². The van der Waals surface area contributed by atoms with E-state index in [0.717, 1.165) is 18.7 Å². The van der Waals surface area contributed by atoms with E-state index in [1.54, 1.807) is 12.1 Å². The molecule has 0 unspecified atom stereocenters. The second kappa shape index (κ2) is 13.2. The van der Waals surface area contributed by atoms with Gasteiger partial charge in [0.15, 0.2) is 0 Å². The first kappa shape index (κ1) is 31.7. The first-order valence-electron chi connectivity index (χ1n) is 14.6. The average Bonchev–Trinajstić information content (AvgIpc) is 3.76. The van der Waals surface area contributed by atoms with Crippen LogP contribution in [0.15, 0.2) is 111 Å². The van der Waals surface area contributed by atoms with Gasteiger partial charge < -0.3 is 9.45 Å². The van der Waals surface area contributed by atoms with Crippen LogP contribution in [-0.4, -0.2) is 19.5 Å². The van der Waals surface area contributed by atoms with Crippen LogP contribution in [0.25, 0.3) is 35.8 Å². The minimum atomic E-state index is -4.27. The van der Waals surface area contributed by atoms with Crippen molar-refractivity contribution in [3.05, 3.63) is 112 Å². The first-order valence-corrected chi connectivity index (χ1v) is 19.2. The third kappa shape index (κ3) is 6.54. The largest absolute Gasteiger partial charge is 0.744 e. The fraction of sp³-hybridized carbons (Fsp3) is 0.171. The predicted molar refractivity (Wildman–Crippen MR) is 194 cm³/mol. The molecule has 1 aliphatic rings. The molecule has 0 spiro atoms. The van der Waals surface area contributed by atoms with Gasteiger partial charge in [-0.1, -0.05) is 106 Å². The Hall–Kier alpha value is -3.25. The molecule has 0 aliphatic carbocycles. The van der Waals surface area contributed by atoms with Crippen molar-refractivity contribution >= 4 is 96.7 Å². The van der Waals surface area contributed by atoms with Gasteiger partial charge in [0, 0.05) is 32.8 Å². The summed E-state index contributed by atoms with van der Waals surface area (Å²) < 4.78 is 37.8. The van der Waals surface area contributed by atoms with Gasteiger partial charge in [-0.2, -0.15) is 4.57 Å². The zero-order valence-electron chi connectivity index (χ0n) is 25.3. The number of aromatic nitrogens is 1. The molecule has 0 radical (unpaired) electrons. The van der Waals surface area contributed by atoms with Gasteiger partial charge in [-0.25, -0.2) is 8.42 Å². The number of nitrogens with zero attached hydrogens (tertiary/aromatic N) is 2. The molecule has 230 valence electrons. The number of fused-ring (bicyclic) bond motifs is 6. The summed E-state index contributed by atoms with van der Waals surface area (Å²) in [4.78, 5) is 5.06. The Balaban J connectivity index is 0.000000276. The monoisotopic (exact) mass is 688 g/mol. The van der Waals surface area contributed by atoms with E-state index in [9.17, 15) is 13.0 Å². The van der Waals surface area contributed by atoms with Crippen molar-refractivity contribution in [2.75, 3.05) is 11.4 Å². The highest BCUT2D eigenvalue weighted by molar-refractivity contribution is 8.04. The summed E-state index contributed by atoms with van der Waals surface area (Å²) >= 11 is 7.60. The average molecular weight is 689 g/mol. The van der Waals surface area contributed by atoms with Crippen molar-refractivity contribution < 1.29 is 17.5 Å². The maximum absolute atomic E-state index is 10.4. The lowest BCUT2D eigenvalue weighted by Crippen LogP contribution is -2.32. The number of thiophene rings is 2. The fourth-order valence-electron chi connectivity index (χ4n) is 5.10. The van der Waals surface area contributed by atoms with Crippen LogP contribution in [0.3, 0.4) is 0 Å². The van der Waals surface area contributed by atoms with Crippen molar-refractivity contribution in [2.45, 2.75) is 44.0 Å². The molecule has 1 aliphatic heterocycles. The van der Waals surface area contributed by atoms with Crippen molar-refractivity contribution in [1.82, 2.24) is 0 Å². The first-order chi connectivity index (χ1) is 21.7. The lowest BCUT2D eigenvalue weighted by molar-refractivity contribution is -0.663. The predicted octanol–water partition coefficient (Wildman–Crippen LogP) is 9.97. The number of thioether (sulfide) groups is 1. The molecule has 3 aromatic heterocycles. The van der Waals surface area contributed by atoms with Crippen LogP contribution >= 0.6 is 45.8 Å². The summed E-state index contributed by atoms with van der Waals surface area (Å²) in [5.74, 6) is 0. The highest BCUT2D eigenvalue weighted by atomic mass is 32.2. The summed E-state index contributed by atoms with van der Waals surface area (Å²) in [5.41, 5.74) is 2.19. The molecule has 0 amide bonds. The van der Waals surface area contributed by atoms with E-state index >= 15 is 0 Å². The van der Waals surface area contributed by atoms with Gasteiger partial charge in [-0.05, 0) is 58.0 Å². The van der Waals surface area contributed by atoms with Crippen LogP contribution < -0.4 is 9.47 Å². The van der Waals surface area contributed by atoms with Crippen LogP contribution in [0.4, 0.5) is 5.00 Å². The Bertz CT molecular complexity index is 2220. The van der Waals surface area contributed by atoms with Crippen molar-refractivity contribution in [2.24, 2.45) is 0 Å². The number of rotatable bonds is 6. The smallest absolute Gasteiger partial charge is 0.281 e. The van der Waals surface area contributed by atoms with Gasteiger partial charge in [-0.3, -0.25) is 0 Å². The summed E-state index contributed by atoms with van der Waals surface area (Å²) in [6, 6.07) is 23.3. The zero-order chi connectivity index (χ0) is 31.7. The molecule has 0 bridgehead atoms. The van der Waals surface area contributed by atoms with E-state index in [1.165, 1.54) is 67.3 Å². The summed E-state index contributed by atoms with van der Waals surface area (Å²) in [5, 5.41) is 6.77. The van der Waals surface area contributed by atoms with Crippen molar-refractivity contribution in [3.8, 4) is 0 Å². The Morgan fingerprint density at radius 1 is 0.911 bits per heavy atom. The molecule has 5 nitrogen and oxygen atoms in total. The number of aryl methyl sites for hydroxylation is 2.